The maximum atomic E-state index is 4.36. The smallest absolute Gasteiger partial charge is 0.146 e. The normalized spacial score (nSPS) is 23.7. The monoisotopic (exact) mass is 192 g/mol. The molecular formula is C10H16N4. The first-order chi connectivity index (χ1) is 6.77. The third-order valence-corrected chi connectivity index (χ3v) is 2.61. The van der Waals surface area contributed by atoms with E-state index >= 15 is 0 Å². The zero-order chi connectivity index (χ0) is 9.97. The van der Waals surface area contributed by atoms with Crippen LogP contribution in [0.3, 0.4) is 0 Å². The Morgan fingerprint density at radius 3 is 2.79 bits per heavy atom. The average Bonchev–Trinajstić information content (AvgIpc) is 2.20. The summed E-state index contributed by atoms with van der Waals surface area (Å²) in [6.07, 6.45) is 3.76. The quantitative estimate of drug-likeness (QED) is 0.697. The Balaban J connectivity index is 2.16. The molecule has 2 rings (SSSR count). The van der Waals surface area contributed by atoms with Gasteiger partial charge < -0.3 is 5.32 Å². The summed E-state index contributed by atoms with van der Waals surface area (Å²) in [5.41, 5.74) is 1.11. The van der Waals surface area contributed by atoms with Crippen LogP contribution in [0.2, 0.25) is 0 Å². The van der Waals surface area contributed by atoms with Crippen molar-refractivity contribution < 1.29 is 0 Å². The first-order valence-electron chi connectivity index (χ1n) is 4.97. The Morgan fingerprint density at radius 2 is 2.14 bits per heavy atom. The van der Waals surface area contributed by atoms with Gasteiger partial charge in [0.25, 0.3) is 0 Å². The fourth-order valence-electron chi connectivity index (χ4n) is 1.67. The van der Waals surface area contributed by atoms with Crippen LogP contribution in [0.15, 0.2) is 12.4 Å². The molecule has 1 N–H and O–H groups in total. The molecule has 1 unspecified atom stereocenters. The van der Waals surface area contributed by atoms with Gasteiger partial charge in [0, 0.05) is 32.0 Å². The highest BCUT2D eigenvalue weighted by molar-refractivity contribution is 5.05. The molecule has 1 atom stereocenters. The summed E-state index contributed by atoms with van der Waals surface area (Å²) in [6.45, 7) is 5.06. The van der Waals surface area contributed by atoms with Crippen molar-refractivity contribution in [2.75, 3.05) is 26.7 Å². The molecule has 0 bridgehead atoms. The van der Waals surface area contributed by atoms with E-state index in [1.165, 1.54) is 0 Å². The molecule has 4 nitrogen and oxygen atoms in total. The molecule has 1 aromatic heterocycles. The lowest BCUT2D eigenvalue weighted by atomic mass is 10.2. The molecule has 0 radical (unpaired) electrons. The second-order valence-electron chi connectivity index (χ2n) is 3.82. The lowest BCUT2D eigenvalue weighted by Crippen LogP contribution is -2.44. The van der Waals surface area contributed by atoms with E-state index in [4.69, 9.17) is 0 Å². The van der Waals surface area contributed by atoms with E-state index in [0.717, 1.165) is 31.0 Å². The van der Waals surface area contributed by atoms with Crippen molar-refractivity contribution in [2.45, 2.75) is 13.0 Å². The Labute approximate surface area is 84.4 Å². The molecule has 4 heteroatoms. The van der Waals surface area contributed by atoms with Gasteiger partial charge in [-0.15, -0.1) is 0 Å². The summed E-state index contributed by atoms with van der Waals surface area (Å²) in [4.78, 5) is 11.0. The van der Waals surface area contributed by atoms with Gasteiger partial charge in [-0.3, -0.25) is 4.90 Å². The number of nitrogens with zero attached hydrogens (tertiary/aromatic N) is 3. The summed E-state index contributed by atoms with van der Waals surface area (Å²) in [5.74, 6) is 0.922. The Hall–Kier alpha value is -1.00. The second kappa shape index (κ2) is 4.02. The molecule has 0 aliphatic carbocycles. The van der Waals surface area contributed by atoms with Crippen molar-refractivity contribution in [3.05, 3.63) is 23.8 Å². The van der Waals surface area contributed by atoms with Crippen molar-refractivity contribution in [3.63, 3.8) is 0 Å². The van der Waals surface area contributed by atoms with Gasteiger partial charge >= 0.3 is 0 Å². The van der Waals surface area contributed by atoms with Gasteiger partial charge in [-0.05, 0) is 19.5 Å². The predicted octanol–water partition coefficient (Wildman–Crippen LogP) is 0.361. The Kier molecular flexibility index (Phi) is 2.74. The number of aromatic nitrogens is 2. The molecule has 0 aromatic carbocycles. The lowest BCUT2D eigenvalue weighted by molar-refractivity contribution is 0.194. The maximum absolute atomic E-state index is 4.36. The van der Waals surface area contributed by atoms with Gasteiger partial charge in [-0.25, -0.2) is 9.97 Å². The van der Waals surface area contributed by atoms with Crippen molar-refractivity contribution in [3.8, 4) is 0 Å². The fourth-order valence-corrected chi connectivity index (χ4v) is 1.67. The number of aryl methyl sites for hydroxylation is 1. The third-order valence-electron chi connectivity index (χ3n) is 2.61. The minimum Gasteiger partial charge on any atom is -0.313 e. The topological polar surface area (TPSA) is 41.1 Å². The van der Waals surface area contributed by atoms with E-state index in [0.29, 0.717) is 6.04 Å². The standard InChI is InChI=1S/C10H16N4/c1-8-5-12-10(13-6-8)9-7-11-3-4-14(9)2/h5-6,9,11H,3-4,7H2,1-2H3. The van der Waals surface area contributed by atoms with Crippen molar-refractivity contribution in [1.29, 1.82) is 0 Å². The van der Waals surface area contributed by atoms with Gasteiger partial charge in [-0.2, -0.15) is 0 Å². The van der Waals surface area contributed by atoms with E-state index in [2.05, 4.69) is 27.2 Å². The minimum atomic E-state index is 0.323. The molecule has 14 heavy (non-hydrogen) atoms. The molecule has 0 amide bonds. The summed E-state index contributed by atoms with van der Waals surface area (Å²) in [7, 11) is 2.12. The van der Waals surface area contributed by atoms with Crippen molar-refractivity contribution >= 4 is 0 Å². The summed E-state index contributed by atoms with van der Waals surface area (Å²) in [6, 6.07) is 0.323. The van der Waals surface area contributed by atoms with Crippen LogP contribution in [-0.4, -0.2) is 41.5 Å². The molecule has 1 saturated heterocycles. The van der Waals surface area contributed by atoms with Gasteiger partial charge in [0.05, 0.1) is 6.04 Å². The molecule has 1 aromatic rings. The summed E-state index contributed by atoms with van der Waals surface area (Å²) in [5, 5.41) is 3.36. The average molecular weight is 192 g/mol. The zero-order valence-corrected chi connectivity index (χ0v) is 8.70. The predicted molar refractivity (Wildman–Crippen MR) is 55.0 cm³/mol. The van der Waals surface area contributed by atoms with Crippen molar-refractivity contribution in [2.24, 2.45) is 0 Å². The van der Waals surface area contributed by atoms with Crippen molar-refractivity contribution in [1.82, 2.24) is 20.2 Å². The third kappa shape index (κ3) is 1.91. The fraction of sp³-hybridized carbons (Fsp3) is 0.600. The van der Waals surface area contributed by atoms with E-state index in [-0.39, 0.29) is 0 Å². The summed E-state index contributed by atoms with van der Waals surface area (Å²) >= 11 is 0. The highest BCUT2D eigenvalue weighted by atomic mass is 15.2. The van der Waals surface area contributed by atoms with Crippen LogP contribution >= 0.6 is 0 Å². The van der Waals surface area contributed by atoms with Crippen LogP contribution in [0.5, 0.6) is 0 Å². The number of hydrogen-bond donors (Lipinski definition) is 1. The van der Waals surface area contributed by atoms with Crippen LogP contribution in [0.4, 0.5) is 0 Å². The van der Waals surface area contributed by atoms with Gasteiger partial charge in [-0.1, -0.05) is 0 Å². The molecule has 1 aliphatic heterocycles. The number of nitrogens with one attached hydrogen (secondary N) is 1. The van der Waals surface area contributed by atoms with Crippen LogP contribution in [0, 0.1) is 6.92 Å². The molecule has 1 fully saturated rings. The molecular weight excluding hydrogens is 176 g/mol. The van der Waals surface area contributed by atoms with Gasteiger partial charge in [0.2, 0.25) is 0 Å². The molecule has 2 heterocycles. The lowest BCUT2D eigenvalue weighted by Gasteiger charge is -2.31. The van der Waals surface area contributed by atoms with Crippen LogP contribution in [0.1, 0.15) is 17.4 Å². The molecule has 1 aliphatic rings. The molecule has 76 valence electrons. The molecule has 0 saturated carbocycles. The second-order valence-corrected chi connectivity index (χ2v) is 3.82. The van der Waals surface area contributed by atoms with Gasteiger partial charge in [0.1, 0.15) is 5.82 Å². The number of rotatable bonds is 1. The van der Waals surface area contributed by atoms with E-state index < -0.39 is 0 Å². The van der Waals surface area contributed by atoms with E-state index in [1.807, 2.05) is 19.3 Å². The van der Waals surface area contributed by atoms with Crippen LogP contribution in [-0.2, 0) is 0 Å². The van der Waals surface area contributed by atoms with E-state index in [9.17, 15) is 0 Å². The first-order valence-corrected chi connectivity index (χ1v) is 4.97. The number of piperazine rings is 1. The number of likely N-dealkylation sites (N-methyl/N-ethyl adjacent to an activating group) is 1. The molecule has 0 spiro atoms. The maximum Gasteiger partial charge on any atom is 0.146 e. The minimum absolute atomic E-state index is 0.323. The highest BCUT2D eigenvalue weighted by Gasteiger charge is 2.22. The summed E-state index contributed by atoms with van der Waals surface area (Å²) < 4.78 is 0. The zero-order valence-electron chi connectivity index (χ0n) is 8.70. The Morgan fingerprint density at radius 1 is 1.43 bits per heavy atom. The Bertz CT molecular complexity index is 295. The van der Waals surface area contributed by atoms with Crippen LogP contribution < -0.4 is 5.32 Å². The largest absolute Gasteiger partial charge is 0.313 e. The highest BCUT2D eigenvalue weighted by Crippen LogP contribution is 2.15. The number of hydrogen-bond acceptors (Lipinski definition) is 4. The van der Waals surface area contributed by atoms with Gasteiger partial charge in [0.15, 0.2) is 0 Å². The van der Waals surface area contributed by atoms with E-state index in [1.54, 1.807) is 0 Å². The first kappa shape index (κ1) is 9.55. The van der Waals surface area contributed by atoms with Crippen LogP contribution in [0.25, 0.3) is 0 Å². The SMILES string of the molecule is Cc1cnc(C2CNCCN2C)nc1.